The molecule has 0 saturated carbocycles. The molecule has 0 radical (unpaired) electrons. The van der Waals surface area contributed by atoms with Crippen molar-refractivity contribution in [3.63, 3.8) is 0 Å². The van der Waals surface area contributed by atoms with E-state index in [2.05, 4.69) is 15.2 Å². The van der Waals surface area contributed by atoms with Crippen LogP contribution in [0.1, 0.15) is 0 Å². The number of non-ortho nitro benzene ring substituents is 1. The summed E-state index contributed by atoms with van der Waals surface area (Å²) in [5.74, 6) is 0. The lowest BCUT2D eigenvalue weighted by Crippen LogP contribution is -1.90. The molecule has 0 aliphatic heterocycles. The molecule has 4 aromatic rings. The number of aromatic amines is 2. The van der Waals surface area contributed by atoms with E-state index >= 15 is 0 Å². The Morgan fingerprint density at radius 1 is 1.10 bits per heavy atom. The fraction of sp³-hybridized carbons (Fsp3) is 0. The van der Waals surface area contributed by atoms with E-state index in [0.29, 0.717) is 10.9 Å². The van der Waals surface area contributed by atoms with Gasteiger partial charge in [0.15, 0.2) is 0 Å². The molecule has 2 N–H and O–H groups in total. The number of H-pyrrole nitrogens is 2. The summed E-state index contributed by atoms with van der Waals surface area (Å²) >= 11 is 0. The van der Waals surface area contributed by atoms with Crippen molar-refractivity contribution >= 4 is 27.5 Å². The smallest absolute Gasteiger partial charge is 0.280 e. The molecule has 0 unspecified atom stereocenters. The molecule has 2 aromatic carbocycles. The molecule has 0 aliphatic carbocycles. The minimum Gasteiger partial charge on any atom is -0.361 e. The first-order chi connectivity index (χ1) is 10.2. The SMILES string of the molecule is O=[N+]([O-])c1cc(-c2cccc3[nH]ccc23)cc2[nH]ncc12. The number of nitrogens with zero attached hydrogens (tertiary/aromatic N) is 2. The van der Waals surface area contributed by atoms with Gasteiger partial charge in [-0.15, -0.1) is 0 Å². The number of hydrogen-bond acceptors (Lipinski definition) is 3. The number of fused-ring (bicyclic) bond motifs is 2. The highest BCUT2D eigenvalue weighted by Crippen LogP contribution is 2.34. The Kier molecular flexibility index (Phi) is 2.32. The van der Waals surface area contributed by atoms with Crippen LogP contribution < -0.4 is 0 Å². The largest absolute Gasteiger partial charge is 0.361 e. The molecule has 2 aromatic heterocycles. The zero-order valence-corrected chi connectivity index (χ0v) is 10.8. The molecule has 0 atom stereocenters. The maximum absolute atomic E-state index is 11.3. The molecular weight excluding hydrogens is 268 g/mol. The van der Waals surface area contributed by atoms with Gasteiger partial charge in [0.05, 0.1) is 22.0 Å². The van der Waals surface area contributed by atoms with Gasteiger partial charge in [-0.05, 0) is 29.3 Å². The lowest BCUT2D eigenvalue weighted by atomic mass is 10.00. The first-order valence-corrected chi connectivity index (χ1v) is 6.42. The van der Waals surface area contributed by atoms with Crippen LogP contribution in [0.15, 0.2) is 48.8 Å². The Labute approximate surface area is 118 Å². The molecule has 6 nitrogen and oxygen atoms in total. The fourth-order valence-electron chi connectivity index (χ4n) is 2.68. The van der Waals surface area contributed by atoms with E-state index in [1.54, 1.807) is 6.07 Å². The van der Waals surface area contributed by atoms with Crippen molar-refractivity contribution in [2.75, 3.05) is 0 Å². The fourth-order valence-corrected chi connectivity index (χ4v) is 2.68. The van der Waals surface area contributed by atoms with Crippen molar-refractivity contribution in [2.45, 2.75) is 0 Å². The zero-order valence-electron chi connectivity index (χ0n) is 10.8. The van der Waals surface area contributed by atoms with Crippen molar-refractivity contribution < 1.29 is 4.92 Å². The highest BCUT2D eigenvalue weighted by Gasteiger charge is 2.17. The normalized spacial score (nSPS) is 11.2. The van der Waals surface area contributed by atoms with Crippen LogP contribution in [0.5, 0.6) is 0 Å². The quantitative estimate of drug-likeness (QED) is 0.433. The van der Waals surface area contributed by atoms with Crippen LogP contribution in [0, 0.1) is 10.1 Å². The second kappa shape index (κ2) is 4.17. The first-order valence-electron chi connectivity index (χ1n) is 6.42. The summed E-state index contributed by atoms with van der Waals surface area (Å²) < 4.78 is 0. The van der Waals surface area contributed by atoms with E-state index in [1.807, 2.05) is 36.5 Å². The average Bonchev–Trinajstić information content (AvgIpc) is 3.13. The topological polar surface area (TPSA) is 87.6 Å². The van der Waals surface area contributed by atoms with Crippen molar-refractivity contribution in [3.05, 3.63) is 58.9 Å². The van der Waals surface area contributed by atoms with Gasteiger partial charge in [-0.25, -0.2) is 0 Å². The van der Waals surface area contributed by atoms with Crippen LogP contribution in [-0.4, -0.2) is 20.1 Å². The molecule has 0 saturated heterocycles. The van der Waals surface area contributed by atoms with E-state index in [9.17, 15) is 10.1 Å². The first kappa shape index (κ1) is 11.7. The van der Waals surface area contributed by atoms with Crippen LogP contribution in [0.4, 0.5) is 5.69 Å². The number of rotatable bonds is 2. The molecule has 2 heterocycles. The maximum atomic E-state index is 11.3. The van der Waals surface area contributed by atoms with Gasteiger partial charge in [0.2, 0.25) is 0 Å². The average molecular weight is 278 g/mol. The van der Waals surface area contributed by atoms with E-state index < -0.39 is 0 Å². The summed E-state index contributed by atoms with van der Waals surface area (Å²) in [6.07, 6.45) is 3.34. The van der Waals surface area contributed by atoms with Crippen LogP contribution in [-0.2, 0) is 0 Å². The molecule has 0 aliphatic rings. The van der Waals surface area contributed by atoms with Gasteiger partial charge in [0, 0.05) is 23.2 Å². The lowest BCUT2D eigenvalue weighted by molar-refractivity contribution is -0.383. The van der Waals surface area contributed by atoms with Crippen molar-refractivity contribution in [3.8, 4) is 11.1 Å². The molecule has 0 amide bonds. The summed E-state index contributed by atoms with van der Waals surface area (Å²) in [6, 6.07) is 11.3. The number of nitro benzene ring substituents is 1. The van der Waals surface area contributed by atoms with E-state index in [1.165, 1.54) is 6.20 Å². The van der Waals surface area contributed by atoms with Gasteiger partial charge in [-0.2, -0.15) is 5.10 Å². The minimum atomic E-state index is -0.376. The highest BCUT2D eigenvalue weighted by atomic mass is 16.6. The van der Waals surface area contributed by atoms with Crippen molar-refractivity contribution in [1.82, 2.24) is 15.2 Å². The van der Waals surface area contributed by atoms with Gasteiger partial charge in [0.1, 0.15) is 0 Å². The minimum absolute atomic E-state index is 0.0591. The number of nitrogens with one attached hydrogen (secondary N) is 2. The highest BCUT2D eigenvalue weighted by molar-refractivity contribution is 5.99. The molecule has 0 bridgehead atoms. The van der Waals surface area contributed by atoms with Crippen LogP contribution in [0.25, 0.3) is 32.9 Å². The molecule has 102 valence electrons. The number of benzene rings is 2. The van der Waals surface area contributed by atoms with Crippen LogP contribution >= 0.6 is 0 Å². The Morgan fingerprint density at radius 3 is 2.86 bits per heavy atom. The summed E-state index contributed by atoms with van der Waals surface area (Å²) in [7, 11) is 0. The number of aromatic nitrogens is 3. The third-order valence-corrected chi connectivity index (χ3v) is 3.64. The van der Waals surface area contributed by atoms with E-state index in [0.717, 1.165) is 22.0 Å². The zero-order chi connectivity index (χ0) is 14.4. The molecular formula is C15H10N4O2. The van der Waals surface area contributed by atoms with Gasteiger partial charge in [0.25, 0.3) is 5.69 Å². The number of hydrogen-bond donors (Lipinski definition) is 2. The Bertz CT molecular complexity index is 984. The second-order valence-corrected chi connectivity index (χ2v) is 4.83. The van der Waals surface area contributed by atoms with Crippen LogP contribution in [0.2, 0.25) is 0 Å². The third-order valence-electron chi connectivity index (χ3n) is 3.64. The second-order valence-electron chi connectivity index (χ2n) is 4.83. The standard InChI is InChI=1S/C15H10N4O2/c20-19(21)15-7-9(6-14-12(15)8-17-18-14)10-2-1-3-13-11(10)4-5-16-13/h1-8,16H,(H,17,18). The lowest BCUT2D eigenvalue weighted by Gasteiger charge is -2.05. The van der Waals surface area contributed by atoms with Crippen molar-refractivity contribution in [1.29, 1.82) is 0 Å². The monoisotopic (exact) mass is 278 g/mol. The Balaban J connectivity index is 2.06. The summed E-state index contributed by atoms with van der Waals surface area (Å²) in [6.45, 7) is 0. The van der Waals surface area contributed by atoms with Gasteiger partial charge < -0.3 is 4.98 Å². The number of nitro groups is 1. The molecule has 0 fully saturated rings. The Morgan fingerprint density at radius 2 is 2.00 bits per heavy atom. The van der Waals surface area contributed by atoms with E-state index in [-0.39, 0.29) is 10.6 Å². The molecule has 6 heteroatoms. The molecule has 21 heavy (non-hydrogen) atoms. The molecule has 0 spiro atoms. The van der Waals surface area contributed by atoms with Crippen LogP contribution in [0.3, 0.4) is 0 Å². The van der Waals surface area contributed by atoms with E-state index in [4.69, 9.17) is 0 Å². The Hall–Kier alpha value is -3.15. The van der Waals surface area contributed by atoms with Gasteiger partial charge in [-0.3, -0.25) is 15.2 Å². The predicted octanol–water partition coefficient (Wildman–Crippen LogP) is 3.62. The summed E-state index contributed by atoms with van der Waals surface area (Å²) in [4.78, 5) is 14.0. The van der Waals surface area contributed by atoms with Gasteiger partial charge >= 0.3 is 0 Å². The van der Waals surface area contributed by atoms with Gasteiger partial charge in [-0.1, -0.05) is 12.1 Å². The van der Waals surface area contributed by atoms with Crippen molar-refractivity contribution in [2.24, 2.45) is 0 Å². The molecule has 4 rings (SSSR count). The predicted molar refractivity (Wildman–Crippen MR) is 80.0 cm³/mol. The third kappa shape index (κ3) is 1.69. The summed E-state index contributed by atoms with van der Waals surface area (Å²) in [5.41, 5.74) is 3.47. The summed E-state index contributed by atoms with van der Waals surface area (Å²) in [5, 5.41) is 19.5. The maximum Gasteiger partial charge on any atom is 0.280 e.